The van der Waals surface area contributed by atoms with Gasteiger partial charge in [-0.05, 0) is 66.1 Å². The fourth-order valence-corrected chi connectivity index (χ4v) is 6.33. The second-order valence-electron chi connectivity index (χ2n) is 9.22. The Kier molecular flexibility index (Phi) is 9.02. The molecule has 0 aliphatic carbocycles. The van der Waals surface area contributed by atoms with Crippen LogP contribution in [0.3, 0.4) is 0 Å². The molecule has 1 aromatic heterocycles. The molecule has 1 aliphatic heterocycles. The molecule has 0 saturated carbocycles. The molecule has 210 valence electrons. The first-order chi connectivity index (χ1) is 19.9. The molecule has 4 aromatic rings. The highest BCUT2D eigenvalue weighted by Gasteiger charge is 2.48. The molecule has 11 heteroatoms. The summed E-state index contributed by atoms with van der Waals surface area (Å²) in [7, 11) is 0. The van der Waals surface area contributed by atoms with Gasteiger partial charge in [0.25, 0.3) is 5.78 Å². The van der Waals surface area contributed by atoms with Crippen molar-refractivity contribution in [3.63, 3.8) is 0 Å². The zero-order valence-electron chi connectivity index (χ0n) is 21.9. The number of aliphatic hydroxyl groups is 1. The second kappa shape index (κ2) is 12.8. The van der Waals surface area contributed by atoms with E-state index in [4.69, 9.17) is 16.3 Å². The van der Waals surface area contributed by atoms with E-state index in [9.17, 15) is 19.1 Å². The number of amides is 1. The largest absolute Gasteiger partial charge is 0.507 e. The van der Waals surface area contributed by atoms with Gasteiger partial charge in [-0.2, -0.15) is 0 Å². The third-order valence-corrected chi connectivity index (χ3v) is 8.74. The van der Waals surface area contributed by atoms with Gasteiger partial charge in [0.15, 0.2) is 4.34 Å². The summed E-state index contributed by atoms with van der Waals surface area (Å²) in [5, 5.41) is 20.4. The minimum Gasteiger partial charge on any atom is -0.507 e. The van der Waals surface area contributed by atoms with Crippen LogP contribution < -0.4 is 9.64 Å². The van der Waals surface area contributed by atoms with Crippen LogP contribution in [0.2, 0.25) is 5.02 Å². The smallest absolute Gasteiger partial charge is 0.301 e. The Morgan fingerprint density at radius 3 is 2.56 bits per heavy atom. The van der Waals surface area contributed by atoms with Crippen molar-refractivity contribution < 1.29 is 23.8 Å². The topological polar surface area (TPSA) is 92.6 Å². The van der Waals surface area contributed by atoms with Gasteiger partial charge in [0.2, 0.25) is 5.13 Å². The van der Waals surface area contributed by atoms with Crippen LogP contribution in [0.15, 0.2) is 82.7 Å². The Labute approximate surface area is 249 Å². The number of aliphatic hydroxyl groups excluding tert-OH is 1. The SMILES string of the molecule is CCCCOc1ccc(/C(O)=C2\C(=O)C(=O)N(c3nnc(SCc4ccc(F)cc4)s3)C2c2cccc(Cl)c2)cc1. The minimum atomic E-state index is -0.975. The molecule has 1 aliphatic rings. The lowest BCUT2D eigenvalue weighted by Crippen LogP contribution is -2.29. The lowest BCUT2D eigenvalue weighted by molar-refractivity contribution is -0.132. The van der Waals surface area contributed by atoms with Crippen molar-refractivity contribution >= 4 is 57.3 Å². The van der Waals surface area contributed by atoms with Crippen LogP contribution in [-0.4, -0.2) is 33.6 Å². The number of Topliss-reactive ketones (excluding diaryl/α,β-unsaturated/α-hetero) is 1. The van der Waals surface area contributed by atoms with Gasteiger partial charge in [-0.15, -0.1) is 10.2 Å². The van der Waals surface area contributed by atoms with Crippen LogP contribution >= 0.6 is 34.7 Å². The van der Waals surface area contributed by atoms with Crippen molar-refractivity contribution in [1.29, 1.82) is 0 Å². The number of thioether (sulfide) groups is 1. The number of ether oxygens (including phenoxy) is 1. The summed E-state index contributed by atoms with van der Waals surface area (Å²) in [5.41, 5.74) is 1.72. The third kappa shape index (κ3) is 6.45. The van der Waals surface area contributed by atoms with Gasteiger partial charge in [-0.3, -0.25) is 14.5 Å². The molecule has 1 N–H and O–H groups in total. The van der Waals surface area contributed by atoms with Gasteiger partial charge in [0.1, 0.15) is 17.3 Å². The molecule has 41 heavy (non-hydrogen) atoms. The van der Waals surface area contributed by atoms with E-state index in [2.05, 4.69) is 17.1 Å². The van der Waals surface area contributed by atoms with E-state index in [0.29, 0.717) is 38.6 Å². The van der Waals surface area contributed by atoms with Crippen LogP contribution in [0.1, 0.15) is 42.5 Å². The molecule has 3 aromatic carbocycles. The Morgan fingerprint density at radius 2 is 1.85 bits per heavy atom. The zero-order valence-corrected chi connectivity index (χ0v) is 24.3. The summed E-state index contributed by atoms with van der Waals surface area (Å²) in [6, 6.07) is 18.7. The van der Waals surface area contributed by atoms with Gasteiger partial charge in [-0.25, -0.2) is 4.39 Å². The number of rotatable bonds is 10. The molecular weight excluding hydrogens is 585 g/mol. The van der Waals surface area contributed by atoms with Crippen molar-refractivity contribution in [1.82, 2.24) is 10.2 Å². The molecule has 2 heterocycles. The van der Waals surface area contributed by atoms with E-state index in [1.165, 1.54) is 28.8 Å². The minimum absolute atomic E-state index is 0.0763. The van der Waals surface area contributed by atoms with Crippen molar-refractivity contribution in [2.24, 2.45) is 0 Å². The number of benzene rings is 3. The van der Waals surface area contributed by atoms with E-state index in [-0.39, 0.29) is 22.3 Å². The quantitative estimate of drug-likeness (QED) is 0.0499. The summed E-state index contributed by atoms with van der Waals surface area (Å²) in [4.78, 5) is 28.1. The van der Waals surface area contributed by atoms with Crippen molar-refractivity contribution in [2.45, 2.75) is 35.9 Å². The summed E-state index contributed by atoms with van der Waals surface area (Å²) in [5.74, 6) is -1.14. The van der Waals surface area contributed by atoms with Gasteiger partial charge >= 0.3 is 5.91 Å². The monoisotopic (exact) mass is 609 g/mol. The van der Waals surface area contributed by atoms with E-state index in [1.54, 1.807) is 60.7 Å². The predicted molar refractivity (Wildman–Crippen MR) is 159 cm³/mol. The number of halogens is 2. The number of aromatic nitrogens is 2. The highest BCUT2D eigenvalue weighted by atomic mass is 35.5. The summed E-state index contributed by atoms with van der Waals surface area (Å²) in [6.45, 7) is 2.65. The lowest BCUT2D eigenvalue weighted by atomic mass is 9.95. The number of carbonyl (C=O) groups excluding carboxylic acids is 2. The van der Waals surface area contributed by atoms with E-state index >= 15 is 0 Å². The highest BCUT2D eigenvalue weighted by molar-refractivity contribution is 8.00. The first kappa shape index (κ1) is 28.8. The fraction of sp³-hybridized carbons (Fsp3) is 0.200. The molecule has 0 spiro atoms. The predicted octanol–water partition coefficient (Wildman–Crippen LogP) is 7.43. The maximum Gasteiger partial charge on any atom is 0.301 e. The molecule has 0 radical (unpaired) electrons. The van der Waals surface area contributed by atoms with Gasteiger partial charge in [-0.1, -0.05) is 72.3 Å². The van der Waals surface area contributed by atoms with E-state index in [1.807, 2.05) is 0 Å². The van der Waals surface area contributed by atoms with Crippen LogP contribution in [0.5, 0.6) is 5.75 Å². The van der Waals surface area contributed by atoms with Crippen molar-refractivity contribution in [2.75, 3.05) is 11.5 Å². The summed E-state index contributed by atoms with van der Waals surface area (Å²) >= 11 is 8.81. The normalized spacial score (nSPS) is 16.4. The molecule has 1 unspecified atom stereocenters. The number of hydrogen-bond donors (Lipinski definition) is 1. The van der Waals surface area contributed by atoms with Crippen molar-refractivity contribution in [3.05, 3.63) is 106 Å². The average Bonchev–Trinajstić information content (AvgIpc) is 3.55. The maximum absolute atomic E-state index is 13.4. The maximum atomic E-state index is 13.4. The number of nitrogens with zero attached hydrogens (tertiary/aromatic N) is 3. The summed E-state index contributed by atoms with van der Waals surface area (Å²) in [6.07, 6.45) is 1.93. The third-order valence-electron chi connectivity index (χ3n) is 6.38. The molecule has 1 atom stereocenters. The highest BCUT2D eigenvalue weighted by Crippen LogP contribution is 2.44. The van der Waals surface area contributed by atoms with Gasteiger partial charge < -0.3 is 9.84 Å². The number of unbranched alkanes of at least 4 members (excludes halogenated alkanes) is 1. The first-order valence-corrected chi connectivity index (χ1v) is 15.0. The molecule has 5 rings (SSSR count). The molecule has 1 amide bonds. The average molecular weight is 610 g/mol. The Balaban J connectivity index is 1.48. The standard InChI is InChI=1S/C30H25ClFN3O4S2/c1-2-3-15-39-23-13-9-19(10-14-23)26(36)24-25(20-5-4-6-21(31)16-20)35(28(38)27(24)37)29-33-34-30(41-29)40-17-18-7-11-22(32)12-8-18/h4-14,16,25,36H,2-3,15,17H2,1H3/b26-24+. The van der Waals surface area contributed by atoms with Crippen LogP contribution in [0.25, 0.3) is 5.76 Å². The molecule has 7 nitrogen and oxygen atoms in total. The van der Waals surface area contributed by atoms with Crippen LogP contribution in [0.4, 0.5) is 9.52 Å². The first-order valence-electron chi connectivity index (χ1n) is 12.9. The molecule has 1 saturated heterocycles. The van der Waals surface area contributed by atoms with Crippen LogP contribution in [-0.2, 0) is 15.3 Å². The molecular formula is C30H25ClFN3O4S2. The van der Waals surface area contributed by atoms with Gasteiger partial charge in [0.05, 0.1) is 18.2 Å². The van der Waals surface area contributed by atoms with Crippen LogP contribution in [0, 0.1) is 5.82 Å². The number of anilines is 1. The van der Waals surface area contributed by atoms with Gasteiger partial charge in [0, 0.05) is 16.3 Å². The zero-order chi connectivity index (χ0) is 28.9. The Bertz CT molecular complexity index is 1590. The Hall–Kier alpha value is -3.73. The number of carbonyl (C=O) groups is 2. The molecule has 1 fully saturated rings. The summed E-state index contributed by atoms with van der Waals surface area (Å²) < 4.78 is 19.5. The molecule has 0 bridgehead atoms. The number of hydrogen-bond acceptors (Lipinski definition) is 8. The van der Waals surface area contributed by atoms with E-state index in [0.717, 1.165) is 29.7 Å². The second-order valence-corrected chi connectivity index (χ2v) is 11.8. The number of ketones is 1. The lowest BCUT2D eigenvalue weighted by Gasteiger charge is -2.22. The fourth-order valence-electron chi connectivity index (χ4n) is 4.30. The van der Waals surface area contributed by atoms with E-state index < -0.39 is 17.7 Å². The Morgan fingerprint density at radius 1 is 1.10 bits per heavy atom. The van der Waals surface area contributed by atoms with Crippen molar-refractivity contribution in [3.8, 4) is 5.75 Å².